The lowest BCUT2D eigenvalue weighted by Crippen LogP contribution is -2.17. The lowest BCUT2D eigenvalue weighted by Gasteiger charge is -2.13. The number of benzene rings is 2. The van der Waals surface area contributed by atoms with E-state index in [1.807, 2.05) is 31.2 Å². The van der Waals surface area contributed by atoms with Gasteiger partial charge in [-0.05, 0) is 36.8 Å². The van der Waals surface area contributed by atoms with E-state index in [1.54, 1.807) is 0 Å². The molecule has 2 N–H and O–H groups in total. The number of nitrogens with one attached hydrogen (secondary N) is 1. The second-order valence-electron chi connectivity index (χ2n) is 5.75. The molecule has 140 valence electrons. The van der Waals surface area contributed by atoms with Crippen molar-refractivity contribution >= 4 is 11.5 Å². The van der Waals surface area contributed by atoms with Crippen LogP contribution in [0.3, 0.4) is 0 Å². The molecular weight excluding hydrogens is 359 g/mol. The largest absolute Gasteiger partial charge is 0.573 e. The van der Waals surface area contributed by atoms with Gasteiger partial charge in [0.25, 0.3) is 0 Å². The standard InChI is InChI=1S/C19H16F3N3O2/c1-12-17(14-4-2-13(10-26)3-5-14)23-11-24-18(12)25-15-6-8-16(9-7-15)27-19(20,21)22/h2-9,11,26H,10H2,1H3,(H,23,24,25). The molecule has 8 heteroatoms. The van der Waals surface area contributed by atoms with Gasteiger partial charge in [0.1, 0.15) is 17.9 Å². The fourth-order valence-corrected chi connectivity index (χ4v) is 2.51. The van der Waals surface area contributed by atoms with Gasteiger partial charge in [0.2, 0.25) is 0 Å². The van der Waals surface area contributed by atoms with Crippen LogP contribution in [0, 0.1) is 6.92 Å². The first-order valence-electron chi connectivity index (χ1n) is 8.00. The summed E-state index contributed by atoms with van der Waals surface area (Å²) in [4.78, 5) is 8.50. The van der Waals surface area contributed by atoms with Crippen molar-refractivity contribution in [2.24, 2.45) is 0 Å². The van der Waals surface area contributed by atoms with Crippen molar-refractivity contribution in [3.8, 4) is 17.0 Å². The van der Waals surface area contributed by atoms with E-state index in [-0.39, 0.29) is 12.4 Å². The Morgan fingerprint density at radius 3 is 2.26 bits per heavy atom. The van der Waals surface area contributed by atoms with Crippen LogP contribution >= 0.6 is 0 Å². The summed E-state index contributed by atoms with van der Waals surface area (Å²) in [7, 11) is 0. The number of aliphatic hydroxyl groups excluding tert-OH is 1. The average Bonchev–Trinajstić information content (AvgIpc) is 2.64. The van der Waals surface area contributed by atoms with Crippen molar-refractivity contribution in [3.05, 3.63) is 66.0 Å². The number of hydrogen-bond donors (Lipinski definition) is 2. The highest BCUT2D eigenvalue weighted by atomic mass is 19.4. The van der Waals surface area contributed by atoms with Gasteiger partial charge in [0, 0.05) is 16.8 Å². The minimum Gasteiger partial charge on any atom is -0.406 e. The van der Waals surface area contributed by atoms with Crippen LogP contribution < -0.4 is 10.1 Å². The number of halogens is 3. The first-order chi connectivity index (χ1) is 12.9. The number of alkyl halides is 3. The van der Waals surface area contributed by atoms with Gasteiger partial charge in [-0.15, -0.1) is 13.2 Å². The Kier molecular flexibility index (Phi) is 5.27. The lowest BCUT2D eigenvalue weighted by molar-refractivity contribution is -0.274. The summed E-state index contributed by atoms with van der Waals surface area (Å²) >= 11 is 0. The molecule has 1 heterocycles. The van der Waals surface area contributed by atoms with Crippen molar-refractivity contribution in [3.63, 3.8) is 0 Å². The van der Waals surface area contributed by atoms with Crippen LogP contribution in [0.2, 0.25) is 0 Å². The third-order valence-electron chi connectivity index (χ3n) is 3.84. The summed E-state index contributed by atoms with van der Waals surface area (Å²) in [5, 5.41) is 12.2. The fourth-order valence-electron chi connectivity index (χ4n) is 2.51. The minimum absolute atomic E-state index is 0.0378. The van der Waals surface area contributed by atoms with Crippen molar-refractivity contribution < 1.29 is 23.0 Å². The Morgan fingerprint density at radius 1 is 1.00 bits per heavy atom. The molecule has 1 aromatic heterocycles. The van der Waals surface area contributed by atoms with Crippen molar-refractivity contribution in [1.82, 2.24) is 9.97 Å². The molecule has 0 amide bonds. The number of anilines is 2. The quantitative estimate of drug-likeness (QED) is 0.683. The molecule has 0 saturated carbocycles. The molecule has 0 saturated heterocycles. The van der Waals surface area contributed by atoms with Crippen LogP contribution in [0.1, 0.15) is 11.1 Å². The third-order valence-corrected chi connectivity index (χ3v) is 3.84. The van der Waals surface area contributed by atoms with Crippen LogP contribution in [-0.4, -0.2) is 21.4 Å². The SMILES string of the molecule is Cc1c(Nc2ccc(OC(F)(F)F)cc2)ncnc1-c1ccc(CO)cc1. The Labute approximate surface area is 153 Å². The topological polar surface area (TPSA) is 67.3 Å². The number of rotatable bonds is 5. The summed E-state index contributed by atoms with van der Waals surface area (Å²) < 4.78 is 40.5. The van der Waals surface area contributed by atoms with Gasteiger partial charge >= 0.3 is 6.36 Å². The van der Waals surface area contributed by atoms with Gasteiger partial charge < -0.3 is 15.2 Å². The molecule has 0 fully saturated rings. The number of hydrogen-bond acceptors (Lipinski definition) is 5. The minimum atomic E-state index is -4.72. The smallest absolute Gasteiger partial charge is 0.406 e. The van der Waals surface area contributed by atoms with E-state index in [0.717, 1.165) is 16.7 Å². The van der Waals surface area contributed by atoms with E-state index in [0.29, 0.717) is 17.2 Å². The van der Waals surface area contributed by atoms with Crippen LogP contribution in [0.4, 0.5) is 24.7 Å². The highest BCUT2D eigenvalue weighted by Crippen LogP contribution is 2.28. The maximum Gasteiger partial charge on any atom is 0.573 e. The summed E-state index contributed by atoms with van der Waals surface area (Å²) in [6, 6.07) is 12.7. The van der Waals surface area contributed by atoms with E-state index < -0.39 is 6.36 Å². The van der Waals surface area contributed by atoms with Gasteiger partial charge in [-0.3, -0.25) is 0 Å². The van der Waals surface area contributed by atoms with Gasteiger partial charge in [-0.1, -0.05) is 24.3 Å². The second kappa shape index (κ2) is 7.63. The molecular formula is C19H16F3N3O2. The van der Waals surface area contributed by atoms with E-state index in [9.17, 15) is 13.2 Å². The highest BCUT2D eigenvalue weighted by Gasteiger charge is 2.30. The zero-order valence-electron chi connectivity index (χ0n) is 14.3. The van der Waals surface area contributed by atoms with Crippen LogP contribution in [-0.2, 0) is 6.61 Å². The molecule has 0 atom stereocenters. The predicted molar refractivity (Wildman–Crippen MR) is 94.5 cm³/mol. The highest BCUT2D eigenvalue weighted by molar-refractivity contribution is 5.70. The molecule has 0 unspecified atom stereocenters. The Balaban J connectivity index is 1.81. The Morgan fingerprint density at radius 2 is 1.67 bits per heavy atom. The maximum absolute atomic E-state index is 12.2. The van der Waals surface area contributed by atoms with Gasteiger partial charge in [-0.25, -0.2) is 9.97 Å². The molecule has 2 aromatic carbocycles. The van der Waals surface area contributed by atoms with Gasteiger partial charge in [-0.2, -0.15) is 0 Å². The van der Waals surface area contributed by atoms with Crippen molar-refractivity contribution in [2.75, 3.05) is 5.32 Å². The molecule has 3 rings (SSSR count). The summed E-state index contributed by atoms with van der Waals surface area (Å²) in [5.74, 6) is 0.243. The van der Waals surface area contributed by atoms with Crippen LogP contribution in [0.5, 0.6) is 5.75 Å². The van der Waals surface area contributed by atoms with E-state index >= 15 is 0 Å². The fraction of sp³-hybridized carbons (Fsp3) is 0.158. The van der Waals surface area contributed by atoms with Gasteiger partial charge in [0.15, 0.2) is 0 Å². The number of nitrogens with zero attached hydrogens (tertiary/aromatic N) is 2. The van der Waals surface area contributed by atoms with E-state index in [4.69, 9.17) is 5.11 Å². The molecule has 0 aliphatic heterocycles. The second-order valence-corrected chi connectivity index (χ2v) is 5.75. The summed E-state index contributed by atoms with van der Waals surface area (Å²) in [6.45, 7) is 1.81. The van der Waals surface area contributed by atoms with Crippen LogP contribution in [0.25, 0.3) is 11.3 Å². The predicted octanol–water partition coefficient (Wildman–Crippen LogP) is 4.59. The third kappa shape index (κ3) is 4.73. The van der Waals surface area contributed by atoms with Crippen molar-refractivity contribution in [1.29, 1.82) is 0 Å². The number of aliphatic hydroxyl groups is 1. The first-order valence-corrected chi connectivity index (χ1v) is 8.00. The summed E-state index contributed by atoms with van der Waals surface area (Å²) in [6.07, 6.45) is -3.32. The molecule has 5 nitrogen and oxygen atoms in total. The lowest BCUT2D eigenvalue weighted by atomic mass is 10.1. The molecule has 0 aliphatic carbocycles. The molecule has 0 bridgehead atoms. The number of aromatic nitrogens is 2. The Hall–Kier alpha value is -3.13. The summed E-state index contributed by atoms with van der Waals surface area (Å²) in [5.41, 5.74) is 3.72. The average molecular weight is 375 g/mol. The van der Waals surface area contributed by atoms with Crippen molar-refractivity contribution in [2.45, 2.75) is 19.9 Å². The molecule has 27 heavy (non-hydrogen) atoms. The molecule has 3 aromatic rings. The normalized spacial score (nSPS) is 11.3. The zero-order valence-corrected chi connectivity index (χ0v) is 14.3. The monoisotopic (exact) mass is 375 g/mol. The van der Waals surface area contributed by atoms with Crippen LogP contribution in [0.15, 0.2) is 54.9 Å². The zero-order chi connectivity index (χ0) is 19.4. The maximum atomic E-state index is 12.2. The Bertz CT molecular complexity index is 911. The van der Waals surface area contributed by atoms with E-state index in [2.05, 4.69) is 20.0 Å². The number of ether oxygens (including phenoxy) is 1. The molecule has 0 aliphatic rings. The first kappa shape index (κ1) is 18.7. The van der Waals surface area contributed by atoms with Gasteiger partial charge in [0.05, 0.1) is 12.3 Å². The molecule has 0 spiro atoms. The van der Waals surface area contributed by atoms with E-state index in [1.165, 1.54) is 30.6 Å². The molecule has 0 radical (unpaired) electrons.